The molecule has 1 aliphatic heterocycles. The van der Waals surface area contributed by atoms with Crippen molar-refractivity contribution in [3.8, 4) is 0 Å². The van der Waals surface area contributed by atoms with Crippen molar-refractivity contribution in [3.63, 3.8) is 0 Å². The minimum Gasteiger partial charge on any atom is -0.326 e. The summed E-state index contributed by atoms with van der Waals surface area (Å²) in [6, 6.07) is 5.10. The number of rotatable bonds is 3. The zero-order valence-electron chi connectivity index (χ0n) is 11.9. The molecular weight excluding hydrogens is 240 g/mol. The van der Waals surface area contributed by atoms with E-state index in [0.29, 0.717) is 6.04 Å². The van der Waals surface area contributed by atoms with Gasteiger partial charge in [-0.05, 0) is 64.3 Å². The SMILES string of the molecule is Cc1ccc(C(C(C)N)N2CCCC(C)CC2)s1. The van der Waals surface area contributed by atoms with Gasteiger partial charge in [-0.1, -0.05) is 6.92 Å². The lowest BCUT2D eigenvalue weighted by molar-refractivity contribution is 0.184. The molecule has 1 fully saturated rings. The monoisotopic (exact) mass is 266 g/mol. The molecule has 2 N–H and O–H groups in total. The summed E-state index contributed by atoms with van der Waals surface area (Å²) in [5.41, 5.74) is 6.26. The van der Waals surface area contributed by atoms with E-state index in [1.165, 1.54) is 42.1 Å². The van der Waals surface area contributed by atoms with Crippen molar-refractivity contribution >= 4 is 11.3 Å². The average Bonchev–Trinajstić information content (AvgIpc) is 2.60. The Labute approximate surface area is 115 Å². The molecule has 3 atom stereocenters. The van der Waals surface area contributed by atoms with Gasteiger partial charge in [0.1, 0.15) is 0 Å². The lowest BCUT2D eigenvalue weighted by atomic mass is 10.0. The van der Waals surface area contributed by atoms with E-state index in [1.807, 2.05) is 11.3 Å². The van der Waals surface area contributed by atoms with Crippen LogP contribution in [0, 0.1) is 12.8 Å². The quantitative estimate of drug-likeness (QED) is 0.906. The van der Waals surface area contributed by atoms with Gasteiger partial charge in [-0.2, -0.15) is 0 Å². The Kier molecular flexibility index (Phi) is 4.82. The van der Waals surface area contributed by atoms with Gasteiger partial charge in [0.15, 0.2) is 0 Å². The highest BCUT2D eigenvalue weighted by Gasteiger charge is 2.26. The van der Waals surface area contributed by atoms with Crippen LogP contribution in [0.2, 0.25) is 0 Å². The van der Waals surface area contributed by atoms with Crippen LogP contribution in [0.3, 0.4) is 0 Å². The highest BCUT2D eigenvalue weighted by atomic mass is 32.1. The third-order valence-electron chi connectivity index (χ3n) is 4.00. The van der Waals surface area contributed by atoms with Crippen LogP contribution in [0.5, 0.6) is 0 Å². The van der Waals surface area contributed by atoms with Crippen LogP contribution in [0.1, 0.15) is 48.9 Å². The first-order chi connectivity index (χ1) is 8.58. The van der Waals surface area contributed by atoms with E-state index in [9.17, 15) is 0 Å². The molecule has 0 amide bonds. The number of hydrogen-bond acceptors (Lipinski definition) is 3. The molecule has 2 rings (SSSR count). The summed E-state index contributed by atoms with van der Waals surface area (Å²) in [5, 5.41) is 0. The second kappa shape index (κ2) is 6.18. The first-order valence-corrected chi connectivity index (χ1v) is 7.95. The predicted molar refractivity (Wildman–Crippen MR) is 80.0 cm³/mol. The smallest absolute Gasteiger partial charge is 0.0590 e. The molecular formula is C15H26N2S. The minimum atomic E-state index is 0.205. The van der Waals surface area contributed by atoms with E-state index in [2.05, 4.69) is 37.8 Å². The summed E-state index contributed by atoms with van der Waals surface area (Å²) in [4.78, 5) is 5.44. The van der Waals surface area contributed by atoms with E-state index in [1.54, 1.807) is 0 Å². The first kappa shape index (κ1) is 14.0. The molecule has 0 spiro atoms. The zero-order valence-corrected chi connectivity index (χ0v) is 12.7. The van der Waals surface area contributed by atoms with Crippen LogP contribution in [-0.2, 0) is 0 Å². The van der Waals surface area contributed by atoms with E-state index >= 15 is 0 Å². The molecule has 0 aromatic carbocycles. The summed E-state index contributed by atoms with van der Waals surface area (Å²) in [6.45, 7) is 9.10. The van der Waals surface area contributed by atoms with Crippen LogP contribution in [0.25, 0.3) is 0 Å². The van der Waals surface area contributed by atoms with Crippen molar-refractivity contribution in [3.05, 3.63) is 21.9 Å². The number of hydrogen-bond donors (Lipinski definition) is 1. The van der Waals surface area contributed by atoms with Gasteiger partial charge in [-0.25, -0.2) is 0 Å². The Hall–Kier alpha value is -0.380. The second-order valence-electron chi connectivity index (χ2n) is 5.82. The summed E-state index contributed by atoms with van der Waals surface area (Å²) in [7, 11) is 0. The summed E-state index contributed by atoms with van der Waals surface area (Å²) >= 11 is 1.90. The lowest BCUT2D eigenvalue weighted by Gasteiger charge is -2.32. The van der Waals surface area contributed by atoms with Gasteiger partial charge in [0.2, 0.25) is 0 Å². The summed E-state index contributed by atoms with van der Waals surface area (Å²) < 4.78 is 0. The molecule has 3 heteroatoms. The average molecular weight is 266 g/mol. The van der Waals surface area contributed by atoms with E-state index in [0.717, 1.165) is 5.92 Å². The van der Waals surface area contributed by atoms with Gasteiger partial charge in [0, 0.05) is 15.8 Å². The number of nitrogens with zero attached hydrogens (tertiary/aromatic N) is 1. The molecule has 1 saturated heterocycles. The molecule has 0 bridgehead atoms. The molecule has 18 heavy (non-hydrogen) atoms. The molecule has 2 nitrogen and oxygen atoms in total. The maximum absolute atomic E-state index is 6.26. The van der Waals surface area contributed by atoms with Gasteiger partial charge in [0.05, 0.1) is 6.04 Å². The molecule has 2 heterocycles. The summed E-state index contributed by atoms with van der Waals surface area (Å²) in [6.07, 6.45) is 3.99. The third kappa shape index (κ3) is 3.34. The molecule has 1 aliphatic rings. The van der Waals surface area contributed by atoms with Crippen LogP contribution >= 0.6 is 11.3 Å². The number of thiophene rings is 1. The van der Waals surface area contributed by atoms with Gasteiger partial charge in [0.25, 0.3) is 0 Å². The van der Waals surface area contributed by atoms with E-state index in [-0.39, 0.29) is 6.04 Å². The third-order valence-corrected chi connectivity index (χ3v) is 5.07. The fraction of sp³-hybridized carbons (Fsp3) is 0.733. The zero-order chi connectivity index (χ0) is 13.1. The van der Waals surface area contributed by atoms with Crippen molar-refractivity contribution in [2.75, 3.05) is 13.1 Å². The molecule has 3 unspecified atom stereocenters. The maximum Gasteiger partial charge on any atom is 0.0590 e. The van der Waals surface area contributed by atoms with Crippen LogP contribution in [0.15, 0.2) is 12.1 Å². The number of nitrogens with two attached hydrogens (primary N) is 1. The van der Waals surface area contributed by atoms with Crippen molar-refractivity contribution in [1.29, 1.82) is 0 Å². The number of likely N-dealkylation sites (tertiary alicyclic amines) is 1. The molecule has 1 aromatic heterocycles. The van der Waals surface area contributed by atoms with Crippen LogP contribution < -0.4 is 5.73 Å². The largest absolute Gasteiger partial charge is 0.326 e. The molecule has 1 aromatic rings. The number of aryl methyl sites for hydroxylation is 1. The van der Waals surface area contributed by atoms with Crippen LogP contribution in [-0.4, -0.2) is 24.0 Å². The molecule has 0 saturated carbocycles. The summed E-state index contributed by atoms with van der Waals surface area (Å²) in [5.74, 6) is 0.869. The predicted octanol–water partition coefficient (Wildman–Crippen LogP) is 3.57. The van der Waals surface area contributed by atoms with E-state index in [4.69, 9.17) is 5.73 Å². The molecule has 0 radical (unpaired) electrons. The van der Waals surface area contributed by atoms with Gasteiger partial charge in [-0.3, -0.25) is 4.90 Å². The van der Waals surface area contributed by atoms with Gasteiger partial charge >= 0.3 is 0 Å². The van der Waals surface area contributed by atoms with Crippen LogP contribution in [0.4, 0.5) is 0 Å². The highest BCUT2D eigenvalue weighted by molar-refractivity contribution is 7.12. The first-order valence-electron chi connectivity index (χ1n) is 7.14. The standard InChI is InChI=1S/C15H26N2S/c1-11-5-4-9-17(10-8-11)15(13(3)16)14-7-6-12(2)18-14/h6-7,11,13,15H,4-5,8-10,16H2,1-3H3. The van der Waals surface area contributed by atoms with Gasteiger partial charge in [-0.15, -0.1) is 11.3 Å². The van der Waals surface area contributed by atoms with E-state index < -0.39 is 0 Å². The Morgan fingerprint density at radius 1 is 1.33 bits per heavy atom. The molecule has 102 valence electrons. The van der Waals surface area contributed by atoms with Crippen molar-refractivity contribution in [2.45, 2.75) is 52.1 Å². The topological polar surface area (TPSA) is 29.3 Å². The maximum atomic E-state index is 6.26. The van der Waals surface area contributed by atoms with Crippen molar-refractivity contribution < 1.29 is 0 Å². The fourth-order valence-corrected chi connectivity index (χ4v) is 4.08. The normalized spacial score (nSPS) is 25.7. The minimum absolute atomic E-state index is 0.205. The Morgan fingerprint density at radius 3 is 2.72 bits per heavy atom. The second-order valence-corrected chi connectivity index (χ2v) is 7.14. The fourth-order valence-electron chi connectivity index (χ4n) is 2.95. The lowest BCUT2D eigenvalue weighted by Crippen LogP contribution is -2.39. The van der Waals surface area contributed by atoms with Gasteiger partial charge < -0.3 is 5.73 Å². The molecule has 0 aliphatic carbocycles. The Balaban J connectivity index is 2.14. The van der Waals surface area contributed by atoms with Crippen molar-refractivity contribution in [2.24, 2.45) is 11.7 Å². The highest BCUT2D eigenvalue weighted by Crippen LogP contribution is 2.32. The Bertz CT molecular complexity index is 372. The van der Waals surface area contributed by atoms with Crippen molar-refractivity contribution in [1.82, 2.24) is 4.90 Å². The Morgan fingerprint density at radius 2 is 2.11 bits per heavy atom.